The summed E-state index contributed by atoms with van der Waals surface area (Å²) in [5, 5.41) is 9.64. The van der Waals surface area contributed by atoms with E-state index >= 15 is 0 Å². The topological polar surface area (TPSA) is 41.9 Å². The van der Waals surface area contributed by atoms with Gasteiger partial charge < -0.3 is 19.5 Å². The molecule has 1 atom stereocenters. The molecule has 0 aliphatic carbocycles. The van der Waals surface area contributed by atoms with Gasteiger partial charge in [-0.2, -0.15) is 35.1 Å². The highest BCUT2D eigenvalue weighted by atomic mass is 19.4. The van der Waals surface area contributed by atoms with E-state index in [-0.39, 0.29) is 22.7 Å². The van der Waals surface area contributed by atoms with Crippen LogP contribution in [0.1, 0.15) is 11.1 Å². The molecule has 15 heteroatoms. The Morgan fingerprint density at radius 3 is 1.88 bits per heavy atom. The number of aliphatic hydroxyl groups is 1. The van der Waals surface area contributed by atoms with Crippen LogP contribution in [-0.4, -0.2) is 36.5 Å². The molecule has 0 radical (unpaired) electrons. The van der Waals surface area contributed by atoms with Crippen LogP contribution in [0.15, 0.2) is 72.8 Å². The summed E-state index contributed by atoms with van der Waals surface area (Å²) in [6.45, 7) is -1.80. The van der Waals surface area contributed by atoms with Crippen molar-refractivity contribution in [1.82, 2.24) is 0 Å². The molecule has 0 aromatic heterocycles. The molecule has 0 unspecified atom stereocenters. The lowest BCUT2D eigenvalue weighted by Gasteiger charge is -2.29. The van der Waals surface area contributed by atoms with Crippen LogP contribution in [0, 0.1) is 0 Å². The maximum atomic E-state index is 13.8. The first-order valence-electron chi connectivity index (χ1n) is 11.0. The van der Waals surface area contributed by atoms with Gasteiger partial charge in [0.05, 0.1) is 6.54 Å². The number of anilines is 1. The Morgan fingerprint density at radius 2 is 1.27 bits per heavy atom. The lowest BCUT2D eigenvalue weighted by atomic mass is 10.0. The van der Waals surface area contributed by atoms with Crippen molar-refractivity contribution in [2.75, 3.05) is 11.4 Å². The maximum absolute atomic E-state index is 13.8. The van der Waals surface area contributed by atoms with Gasteiger partial charge in [-0.1, -0.05) is 30.3 Å². The van der Waals surface area contributed by atoms with E-state index in [1.54, 1.807) is 0 Å². The summed E-state index contributed by atoms with van der Waals surface area (Å²) >= 11 is 0. The molecule has 0 saturated carbocycles. The Morgan fingerprint density at radius 1 is 0.700 bits per heavy atom. The van der Waals surface area contributed by atoms with Gasteiger partial charge in [0, 0.05) is 29.9 Å². The Bertz CT molecular complexity index is 1290. The zero-order valence-electron chi connectivity index (χ0n) is 19.8. The first-order chi connectivity index (χ1) is 18.3. The van der Waals surface area contributed by atoms with Crippen LogP contribution in [0.4, 0.5) is 54.0 Å². The zero-order valence-corrected chi connectivity index (χ0v) is 19.8. The van der Waals surface area contributed by atoms with Crippen molar-refractivity contribution in [1.29, 1.82) is 0 Å². The smallest absolute Gasteiger partial charge is 0.457 e. The number of halogens is 11. The molecular formula is C25H18F11NO3. The molecular weight excluding hydrogens is 571 g/mol. The number of hydrogen-bond donors (Lipinski definition) is 1. The van der Waals surface area contributed by atoms with Crippen molar-refractivity contribution < 1.29 is 62.9 Å². The third kappa shape index (κ3) is 8.13. The number of alkyl halides is 11. The molecule has 0 spiro atoms. The molecule has 4 nitrogen and oxygen atoms in total. The average Bonchev–Trinajstić information content (AvgIpc) is 2.82. The van der Waals surface area contributed by atoms with Crippen LogP contribution >= 0.6 is 0 Å². The maximum Gasteiger partial charge on any atom is 0.573 e. The second-order valence-corrected chi connectivity index (χ2v) is 8.33. The number of rotatable bonds is 9. The lowest BCUT2D eigenvalue weighted by molar-refractivity contribution is -0.289. The summed E-state index contributed by atoms with van der Waals surface area (Å²) in [4.78, 5) is 0.860. The van der Waals surface area contributed by atoms with Crippen LogP contribution in [0.3, 0.4) is 0 Å². The first kappa shape index (κ1) is 30.8. The zero-order chi connectivity index (χ0) is 29.9. The molecule has 0 saturated heterocycles. The minimum Gasteiger partial charge on any atom is -0.457 e. The first-order valence-corrected chi connectivity index (χ1v) is 11.0. The SMILES string of the molecule is O[C@H](CN(Cc1cccc(C(F)(F)C(F)(F)F)c1)c1cccc(Oc2cccc(OC(F)(F)F)c2)c1)C(F)(F)F. The van der Waals surface area contributed by atoms with E-state index in [1.165, 1.54) is 30.3 Å². The highest BCUT2D eigenvalue weighted by molar-refractivity contribution is 5.52. The molecule has 0 heterocycles. The molecule has 3 aromatic rings. The van der Waals surface area contributed by atoms with Crippen molar-refractivity contribution in [3.8, 4) is 17.2 Å². The van der Waals surface area contributed by atoms with Crippen LogP contribution in [-0.2, 0) is 12.5 Å². The highest BCUT2D eigenvalue weighted by Gasteiger charge is 2.58. The molecule has 1 N–H and O–H groups in total. The van der Waals surface area contributed by atoms with Gasteiger partial charge in [-0.3, -0.25) is 0 Å². The third-order valence-electron chi connectivity index (χ3n) is 5.25. The summed E-state index contributed by atoms with van der Waals surface area (Å²) in [7, 11) is 0. The number of aliphatic hydroxyl groups excluding tert-OH is 1. The van der Waals surface area contributed by atoms with E-state index in [1.807, 2.05) is 0 Å². The summed E-state index contributed by atoms with van der Waals surface area (Å²) in [5.74, 6) is -6.10. The Hall–Kier alpha value is -3.75. The Balaban J connectivity index is 1.92. The van der Waals surface area contributed by atoms with E-state index in [0.29, 0.717) is 12.1 Å². The number of hydrogen-bond acceptors (Lipinski definition) is 4. The minimum atomic E-state index is -5.92. The van der Waals surface area contributed by atoms with Crippen molar-refractivity contribution >= 4 is 5.69 Å². The summed E-state index contributed by atoms with van der Waals surface area (Å²) in [6.07, 6.45) is -18.9. The molecule has 3 aromatic carbocycles. The van der Waals surface area contributed by atoms with E-state index in [4.69, 9.17) is 4.74 Å². The van der Waals surface area contributed by atoms with Crippen molar-refractivity contribution in [3.05, 3.63) is 83.9 Å². The van der Waals surface area contributed by atoms with Crippen molar-refractivity contribution in [2.24, 2.45) is 0 Å². The molecule has 0 fully saturated rings. The fourth-order valence-corrected chi connectivity index (χ4v) is 3.44. The standard InChI is InChI=1S/C25H18F11NO3/c26-22(27,24(31,32)33)16-5-1-4-15(10-16)13-37(14-21(38)23(28,29)30)17-6-2-7-18(11-17)39-19-8-3-9-20(12-19)40-25(34,35)36/h1-12,21,38H,13-14H2/t21-/m1/s1. The van der Waals surface area contributed by atoms with Crippen LogP contribution in [0.5, 0.6) is 17.2 Å². The molecule has 40 heavy (non-hydrogen) atoms. The molecule has 3 rings (SSSR count). The average molecular weight is 589 g/mol. The second-order valence-electron chi connectivity index (χ2n) is 8.33. The van der Waals surface area contributed by atoms with E-state index in [0.717, 1.165) is 35.2 Å². The van der Waals surface area contributed by atoms with Crippen molar-refractivity contribution in [2.45, 2.75) is 37.3 Å². The van der Waals surface area contributed by atoms with Gasteiger partial charge in [0.1, 0.15) is 17.2 Å². The van der Waals surface area contributed by atoms with Gasteiger partial charge in [-0.15, -0.1) is 13.2 Å². The van der Waals surface area contributed by atoms with Crippen LogP contribution in [0.2, 0.25) is 0 Å². The van der Waals surface area contributed by atoms with E-state index in [2.05, 4.69) is 4.74 Å². The lowest BCUT2D eigenvalue weighted by Crippen LogP contribution is -2.41. The van der Waals surface area contributed by atoms with Crippen molar-refractivity contribution in [3.63, 3.8) is 0 Å². The fraction of sp³-hybridized carbons (Fsp3) is 0.280. The molecule has 218 valence electrons. The summed E-state index contributed by atoms with van der Waals surface area (Å²) < 4.78 is 152. The second kappa shape index (κ2) is 11.4. The molecule has 0 amide bonds. The molecule has 0 aliphatic rings. The summed E-state index contributed by atoms with van der Waals surface area (Å²) in [6, 6.07) is 12.2. The predicted octanol–water partition coefficient (Wildman–Crippen LogP) is 7.96. The Kier molecular flexibility index (Phi) is 8.77. The molecule has 0 bridgehead atoms. The highest BCUT2D eigenvalue weighted by Crippen LogP contribution is 2.44. The number of ether oxygens (including phenoxy) is 2. The van der Waals surface area contributed by atoms with E-state index < -0.39 is 55.1 Å². The van der Waals surface area contributed by atoms with Gasteiger partial charge in [-0.25, -0.2) is 0 Å². The van der Waals surface area contributed by atoms with Gasteiger partial charge >= 0.3 is 24.6 Å². The van der Waals surface area contributed by atoms with Crippen LogP contribution < -0.4 is 14.4 Å². The Labute approximate surface area is 219 Å². The van der Waals surface area contributed by atoms with Crippen LogP contribution in [0.25, 0.3) is 0 Å². The van der Waals surface area contributed by atoms with Gasteiger partial charge in [0.2, 0.25) is 0 Å². The minimum absolute atomic E-state index is 0.0866. The van der Waals surface area contributed by atoms with Gasteiger partial charge in [0.15, 0.2) is 6.10 Å². The normalized spacial score (nSPS) is 13.6. The number of nitrogens with zero attached hydrogens (tertiary/aromatic N) is 1. The fourth-order valence-electron chi connectivity index (χ4n) is 3.44. The number of benzene rings is 3. The molecule has 0 aliphatic heterocycles. The predicted molar refractivity (Wildman–Crippen MR) is 119 cm³/mol. The van der Waals surface area contributed by atoms with Gasteiger partial charge in [-0.05, 0) is 35.9 Å². The van der Waals surface area contributed by atoms with E-state index in [9.17, 15) is 53.4 Å². The monoisotopic (exact) mass is 589 g/mol. The summed E-state index contributed by atoms with van der Waals surface area (Å²) in [5.41, 5.74) is -1.76. The van der Waals surface area contributed by atoms with Gasteiger partial charge in [0.25, 0.3) is 0 Å². The quantitative estimate of drug-likeness (QED) is 0.257. The third-order valence-corrected chi connectivity index (χ3v) is 5.25. The largest absolute Gasteiger partial charge is 0.573 e.